The van der Waals surface area contributed by atoms with E-state index in [-0.39, 0.29) is 17.1 Å². The molecule has 0 spiro atoms. The molecule has 112 valence electrons. The Morgan fingerprint density at radius 3 is 2.24 bits per heavy atom. The maximum Gasteiger partial charge on any atom is 0.188 e. The summed E-state index contributed by atoms with van der Waals surface area (Å²) in [5.41, 5.74) is 9.12. The van der Waals surface area contributed by atoms with Crippen molar-refractivity contribution < 1.29 is 4.39 Å². The molecule has 0 saturated heterocycles. The number of nitrogens with two attached hydrogens (primary N) is 1. The van der Waals surface area contributed by atoms with Crippen molar-refractivity contribution in [2.24, 2.45) is 5.73 Å². The van der Waals surface area contributed by atoms with Crippen LogP contribution in [0.5, 0.6) is 0 Å². The van der Waals surface area contributed by atoms with Crippen molar-refractivity contribution >= 4 is 11.8 Å². The Morgan fingerprint density at radius 2 is 1.71 bits per heavy atom. The molecule has 2 rings (SSSR count). The van der Waals surface area contributed by atoms with Gasteiger partial charge in [0.1, 0.15) is 5.82 Å². The van der Waals surface area contributed by atoms with E-state index in [0.717, 1.165) is 23.4 Å². The van der Waals surface area contributed by atoms with Crippen molar-refractivity contribution in [2.75, 3.05) is 0 Å². The second-order valence-electron chi connectivity index (χ2n) is 5.10. The fourth-order valence-corrected chi connectivity index (χ4v) is 3.41. The van der Waals surface area contributed by atoms with Gasteiger partial charge in [0.05, 0.1) is 5.25 Å². The predicted molar refractivity (Wildman–Crippen MR) is 84.8 cm³/mol. The van der Waals surface area contributed by atoms with Crippen LogP contribution in [0.15, 0.2) is 35.5 Å². The Balaban J connectivity index is 2.30. The van der Waals surface area contributed by atoms with E-state index in [1.165, 1.54) is 23.9 Å². The first-order valence-corrected chi connectivity index (χ1v) is 7.87. The molecule has 2 unspecified atom stereocenters. The Labute approximate surface area is 129 Å². The van der Waals surface area contributed by atoms with Gasteiger partial charge < -0.3 is 5.73 Å². The first-order chi connectivity index (χ1) is 9.99. The number of hydrogen-bond donors (Lipinski definition) is 1. The fourth-order valence-electron chi connectivity index (χ4n) is 2.13. The molecule has 0 saturated carbocycles. The molecule has 0 bridgehead atoms. The summed E-state index contributed by atoms with van der Waals surface area (Å²) in [7, 11) is 0. The molecule has 0 fully saturated rings. The van der Waals surface area contributed by atoms with Crippen LogP contribution in [-0.2, 0) is 0 Å². The second-order valence-corrected chi connectivity index (χ2v) is 6.20. The van der Waals surface area contributed by atoms with E-state index in [1.807, 2.05) is 26.8 Å². The number of benzene rings is 1. The van der Waals surface area contributed by atoms with Gasteiger partial charge >= 0.3 is 0 Å². The molecule has 1 aromatic carbocycles. The van der Waals surface area contributed by atoms with Crippen LogP contribution in [0, 0.1) is 19.7 Å². The molecule has 0 amide bonds. The third kappa shape index (κ3) is 4.25. The van der Waals surface area contributed by atoms with Crippen molar-refractivity contribution in [1.29, 1.82) is 0 Å². The lowest BCUT2D eigenvalue weighted by atomic mass is 10.0. The highest BCUT2D eigenvalue weighted by Gasteiger charge is 2.21. The SMILES string of the molecule is CCC(N)C(Sc1nc(C)cc(C)n1)c1ccc(F)cc1. The molecule has 2 N–H and O–H groups in total. The molecule has 21 heavy (non-hydrogen) atoms. The molecule has 2 atom stereocenters. The van der Waals surface area contributed by atoms with E-state index in [9.17, 15) is 4.39 Å². The third-order valence-corrected chi connectivity index (χ3v) is 4.52. The highest BCUT2D eigenvalue weighted by molar-refractivity contribution is 7.99. The third-order valence-electron chi connectivity index (χ3n) is 3.25. The molecular weight excluding hydrogens is 285 g/mol. The maximum absolute atomic E-state index is 13.1. The summed E-state index contributed by atoms with van der Waals surface area (Å²) < 4.78 is 13.1. The minimum atomic E-state index is -0.241. The van der Waals surface area contributed by atoms with E-state index in [4.69, 9.17) is 5.73 Å². The van der Waals surface area contributed by atoms with Gasteiger partial charge in [-0.05, 0) is 44.0 Å². The minimum Gasteiger partial charge on any atom is -0.326 e. The quantitative estimate of drug-likeness (QED) is 0.674. The van der Waals surface area contributed by atoms with Gasteiger partial charge in [-0.3, -0.25) is 0 Å². The topological polar surface area (TPSA) is 51.8 Å². The lowest BCUT2D eigenvalue weighted by molar-refractivity contribution is 0.617. The number of nitrogens with zero attached hydrogens (tertiary/aromatic N) is 2. The van der Waals surface area contributed by atoms with Crippen LogP contribution in [0.25, 0.3) is 0 Å². The number of rotatable bonds is 5. The number of halogens is 1. The van der Waals surface area contributed by atoms with E-state index < -0.39 is 0 Å². The zero-order valence-corrected chi connectivity index (χ0v) is 13.3. The summed E-state index contributed by atoms with van der Waals surface area (Å²) in [6.45, 7) is 5.95. The monoisotopic (exact) mass is 305 g/mol. The average Bonchev–Trinajstić information content (AvgIpc) is 2.44. The Hall–Kier alpha value is -1.46. The smallest absolute Gasteiger partial charge is 0.188 e. The molecule has 0 aliphatic heterocycles. The van der Waals surface area contributed by atoms with Crippen LogP contribution in [0.3, 0.4) is 0 Å². The summed E-state index contributed by atoms with van der Waals surface area (Å²) in [6, 6.07) is 8.40. The Morgan fingerprint density at radius 1 is 1.14 bits per heavy atom. The highest BCUT2D eigenvalue weighted by atomic mass is 32.2. The summed E-state index contributed by atoms with van der Waals surface area (Å²) in [5, 5.41) is 0.725. The molecule has 1 heterocycles. The molecule has 5 heteroatoms. The first-order valence-electron chi connectivity index (χ1n) is 6.99. The van der Waals surface area contributed by atoms with Crippen LogP contribution in [0.2, 0.25) is 0 Å². The zero-order valence-electron chi connectivity index (χ0n) is 12.5. The van der Waals surface area contributed by atoms with E-state index in [1.54, 1.807) is 12.1 Å². The normalized spacial score (nSPS) is 14.0. The fraction of sp³-hybridized carbons (Fsp3) is 0.375. The lowest BCUT2D eigenvalue weighted by Crippen LogP contribution is -2.25. The highest BCUT2D eigenvalue weighted by Crippen LogP contribution is 2.36. The van der Waals surface area contributed by atoms with E-state index in [2.05, 4.69) is 9.97 Å². The van der Waals surface area contributed by atoms with Crippen LogP contribution < -0.4 is 5.73 Å². The summed E-state index contributed by atoms with van der Waals surface area (Å²) in [6.07, 6.45) is 0.833. The van der Waals surface area contributed by atoms with Crippen molar-refractivity contribution in [3.05, 3.63) is 53.1 Å². The molecule has 2 aromatic rings. The molecule has 0 aliphatic carbocycles. The van der Waals surface area contributed by atoms with Crippen LogP contribution >= 0.6 is 11.8 Å². The van der Waals surface area contributed by atoms with E-state index >= 15 is 0 Å². The van der Waals surface area contributed by atoms with Crippen molar-refractivity contribution in [3.8, 4) is 0 Å². The van der Waals surface area contributed by atoms with Crippen LogP contribution in [0.4, 0.5) is 4.39 Å². The van der Waals surface area contributed by atoms with Crippen LogP contribution in [-0.4, -0.2) is 16.0 Å². The van der Waals surface area contributed by atoms with Gasteiger partial charge in [-0.25, -0.2) is 14.4 Å². The van der Waals surface area contributed by atoms with Gasteiger partial charge in [0.2, 0.25) is 0 Å². The number of thioether (sulfide) groups is 1. The number of hydrogen-bond acceptors (Lipinski definition) is 4. The summed E-state index contributed by atoms with van der Waals surface area (Å²) >= 11 is 1.54. The molecule has 0 aliphatic rings. The van der Waals surface area contributed by atoms with Gasteiger partial charge in [0, 0.05) is 17.4 Å². The van der Waals surface area contributed by atoms with Crippen molar-refractivity contribution in [2.45, 2.75) is 43.6 Å². The Bertz CT molecular complexity index is 581. The first kappa shape index (κ1) is 15.9. The van der Waals surface area contributed by atoms with Crippen molar-refractivity contribution in [3.63, 3.8) is 0 Å². The molecular formula is C16H20FN3S. The number of aryl methyl sites for hydroxylation is 2. The average molecular weight is 305 g/mol. The van der Waals surface area contributed by atoms with Gasteiger partial charge in [-0.15, -0.1) is 0 Å². The zero-order chi connectivity index (χ0) is 15.4. The maximum atomic E-state index is 13.1. The summed E-state index contributed by atoms with van der Waals surface area (Å²) in [4.78, 5) is 8.91. The van der Waals surface area contributed by atoms with Gasteiger partial charge in [0.15, 0.2) is 5.16 Å². The predicted octanol–water partition coefficient (Wildman–Crippen LogP) is 3.80. The van der Waals surface area contributed by atoms with Crippen LogP contribution in [0.1, 0.15) is 35.5 Å². The standard InChI is InChI=1S/C16H20FN3S/c1-4-14(18)15(12-5-7-13(17)8-6-12)21-16-19-10(2)9-11(3)20-16/h5-9,14-15H,4,18H2,1-3H3. The molecule has 3 nitrogen and oxygen atoms in total. The number of aromatic nitrogens is 2. The lowest BCUT2D eigenvalue weighted by Gasteiger charge is -2.22. The second kappa shape index (κ2) is 7.00. The van der Waals surface area contributed by atoms with E-state index in [0.29, 0.717) is 5.16 Å². The molecule has 0 radical (unpaired) electrons. The largest absolute Gasteiger partial charge is 0.326 e. The minimum absolute atomic E-state index is 0.0109. The van der Waals surface area contributed by atoms with Gasteiger partial charge in [-0.2, -0.15) is 0 Å². The van der Waals surface area contributed by atoms with Crippen molar-refractivity contribution in [1.82, 2.24) is 9.97 Å². The van der Waals surface area contributed by atoms with Gasteiger partial charge in [0.25, 0.3) is 0 Å². The summed E-state index contributed by atoms with van der Waals surface area (Å²) in [5.74, 6) is -0.241. The Kier molecular flexibility index (Phi) is 5.31. The van der Waals surface area contributed by atoms with Gasteiger partial charge in [-0.1, -0.05) is 30.8 Å². The molecule has 1 aromatic heterocycles.